The van der Waals surface area contributed by atoms with Gasteiger partial charge in [0.1, 0.15) is 6.10 Å². The number of aliphatic hydroxyl groups is 1. The number of aliphatic hydroxyl groups excluding tert-OH is 1. The van der Waals surface area contributed by atoms with Crippen molar-refractivity contribution in [2.24, 2.45) is 0 Å². The van der Waals surface area contributed by atoms with Gasteiger partial charge in [0.2, 0.25) is 0 Å². The molecular formula is C17H32O3. The Balaban J connectivity index is 1.31. The lowest BCUT2D eigenvalue weighted by Crippen LogP contribution is -2.04. The summed E-state index contributed by atoms with van der Waals surface area (Å²) >= 11 is 0. The first-order chi connectivity index (χ1) is 9.85. The molecule has 3 heteroatoms. The molecule has 0 saturated carbocycles. The molecule has 0 aromatic carbocycles. The molecule has 2 fully saturated rings. The number of rotatable bonds is 13. The molecule has 2 saturated heterocycles. The first-order valence-corrected chi connectivity index (χ1v) is 8.77. The highest BCUT2D eigenvalue weighted by Gasteiger charge is 2.47. The number of ether oxygens (including phenoxy) is 2. The van der Waals surface area contributed by atoms with E-state index in [2.05, 4.69) is 6.92 Å². The van der Waals surface area contributed by atoms with Crippen LogP contribution in [-0.2, 0) is 9.47 Å². The van der Waals surface area contributed by atoms with Crippen LogP contribution in [0.15, 0.2) is 0 Å². The van der Waals surface area contributed by atoms with Crippen LogP contribution in [0.1, 0.15) is 77.6 Å². The molecule has 0 bridgehead atoms. The average Bonchev–Trinajstić information content (AvgIpc) is 3.36. The van der Waals surface area contributed by atoms with Crippen molar-refractivity contribution in [2.45, 2.75) is 102 Å². The fourth-order valence-electron chi connectivity index (χ4n) is 3.07. The van der Waals surface area contributed by atoms with E-state index < -0.39 is 0 Å². The third kappa shape index (κ3) is 6.11. The van der Waals surface area contributed by atoms with Crippen LogP contribution < -0.4 is 0 Å². The first kappa shape index (κ1) is 16.3. The molecule has 2 heterocycles. The summed E-state index contributed by atoms with van der Waals surface area (Å²) < 4.78 is 11.0. The summed E-state index contributed by atoms with van der Waals surface area (Å²) in [6, 6.07) is 0. The summed E-state index contributed by atoms with van der Waals surface area (Å²) in [7, 11) is 0. The van der Waals surface area contributed by atoms with Gasteiger partial charge in [-0.3, -0.25) is 0 Å². The molecule has 0 spiro atoms. The molecule has 0 unspecified atom stereocenters. The largest absolute Gasteiger partial charge is 0.394 e. The fourth-order valence-corrected chi connectivity index (χ4v) is 3.07. The Kier molecular flexibility index (Phi) is 7.32. The molecule has 0 radical (unpaired) electrons. The third-order valence-electron chi connectivity index (χ3n) is 4.61. The quantitative estimate of drug-likeness (QED) is 0.413. The lowest BCUT2D eigenvalue weighted by Gasteiger charge is -2.01. The highest BCUT2D eigenvalue weighted by molar-refractivity contribution is 4.94. The number of unbranched alkanes of at least 4 members (excludes halogenated alkanes) is 8. The van der Waals surface area contributed by atoms with E-state index in [1.165, 1.54) is 64.2 Å². The second-order valence-electron chi connectivity index (χ2n) is 6.46. The summed E-state index contributed by atoms with van der Waals surface area (Å²) in [6.45, 7) is 2.44. The van der Waals surface area contributed by atoms with E-state index >= 15 is 0 Å². The Bertz CT molecular complexity index is 257. The second kappa shape index (κ2) is 9.01. The molecule has 0 amide bonds. The Morgan fingerprint density at radius 2 is 1.25 bits per heavy atom. The molecule has 118 valence electrons. The number of hydrogen-bond donors (Lipinski definition) is 1. The van der Waals surface area contributed by atoms with Gasteiger partial charge < -0.3 is 14.6 Å². The number of epoxide rings is 2. The van der Waals surface area contributed by atoms with E-state index in [1.807, 2.05) is 0 Å². The molecule has 20 heavy (non-hydrogen) atoms. The zero-order valence-electron chi connectivity index (χ0n) is 13.1. The van der Waals surface area contributed by atoms with Crippen molar-refractivity contribution in [1.29, 1.82) is 0 Å². The van der Waals surface area contributed by atoms with Crippen LogP contribution in [0, 0.1) is 0 Å². The van der Waals surface area contributed by atoms with Gasteiger partial charge in [0, 0.05) is 6.42 Å². The van der Waals surface area contributed by atoms with E-state index in [1.54, 1.807) is 0 Å². The zero-order valence-corrected chi connectivity index (χ0v) is 13.1. The highest BCUT2D eigenvalue weighted by atomic mass is 16.6. The van der Waals surface area contributed by atoms with Crippen molar-refractivity contribution in [3.05, 3.63) is 0 Å². The molecule has 2 aliphatic rings. The van der Waals surface area contributed by atoms with E-state index in [-0.39, 0.29) is 18.8 Å². The maximum atomic E-state index is 8.90. The van der Waals surface area contributed by atoms with Crippen molar-refractivity contribution in [1.82, 2.24) is 0 Å². The number of hydrogen-bond acceptors (Lipinski definition) is 3. The average molecular weight is 284 g/mol. The molecule has 0 aliphatic carbocycles. The normalized spacial score (nSPS) is 31.5. The van der Waals surface area contributed by atoms with Crippen LogP contribution in [0.3, 0.4) is 0 Å². The molecule has 4 atom stereocenters. The van der Waals surface area contributed by atoms with Crippen molar-refractivity contribution in [2.75, 3.05) is 6.61 Å². The summed E-state index contributed by atoms with van der Waals surface area (Å²) in [6.07, 6.45) is 16.0. The van der Waals surface area contributed by atoms with E-state index in [9.17, 15) is 0 Å². The lowest BCUT2D eigenvalue weighted by atomic mass is 10.0. The van der Waals surface area contributed by atoms with Gasteiger partial charge in [-0.25, -0.2) is 0 Å². The van der Waals surface area contributed by atoms with Gasteiger partial charge in [0.25, 0.3) is 0 Å². The SMILES string of the molecule is CCCCCCCCCCC[C@H]1O[C@H]1C[C@H]1O[C@H]1CO. The van der Waals surface area contributed by atoms with E-state index in [0.29, 0.717) is 12.2 Å². The summed E-state index contributed by atoms with van der Waals surface area (Å²) in [5.41, 5.74) is 0. The van der Waals surface area contributed by atoms with Crippen LogP contribution in [-0.4, -0.2) is 36.1 Å². The summed E-state index contributed by atoms with van der Waals surface area (Å²) in [4.78, 5) is 0. The maximum Gasteiger partial charge on any atom is 0.107 e. The standard InChI is InChI=1S/C17H32O3/c1-2-3-4-5-6-7-8-9-10-11-14-15(19-14)12-16-17(13-18)20-16/h14-18H,2-13H2,1H3/t14-,15+,16-,17+/m1/s1. The predicted octanol–water partition coefficient (Wildman–Crippen LogP) is 3.82. The topological polar surface area (TPSA) is 45.3 Å². The molecule has 3 nitrogen and oxygen atoms in total. The van der Waals surface area contributed by atoms with Gasteiger partial charge >= 0.3 is 0 Å². The van der Waals surface area contributed by atoms with Crippen molar-refractivity contribution < 1.29 is 14.6 Å². The Morgan fingerprint density at radius 1 is 0.700 bits per heavy atom. The molecule has 1 N–H and O–H groups in total. The Morgan fingerprint density at radius 3 is 1.85 bits per heavy atom. The van der Waals surface area contributed by atoms with Crippen LogP contribution in [0.4, 0.5) is 0 Å². The Labute approximate surface area is 124 Å². The van der Waals surface area contributed by atoms with Crippen molar-refractivity contribution in [3.63, 3.8) is 0 Å². The first-order valence-electron chi connectivity index (χ1n) is 8.77. The fraction of sp³-hybridized carbons (Fsp3) is 1.00. The second-order valence-corrected chi connectivity index (χ2v) is 6.46. The van der Waals surface area contributed by atoms with Gasteiger partial charge in [0.05, 0.1) is 24.9 Å². The predicted molar refractivity (Wildman–Crippen MR) is 80.9 cm³/mol. The molecule has 0 aromatic heterocycles. The van der Waals surface area contributed by atoms with Crippen LogP contribution in [0.25, 0.3) is 0 Å². The monoisotopic (exact) mass is 284 g/mol. The van der Waals surface area contributed by atoms with Crippen molar-refractivity contribution in [3.8, 4) is 0 Å². The molecule has 0 aromatic rings. The van der Waals surface area contributed by atoms with Crippen LogP contribution >= 0.6 is 0 Å². The minimum absolute atomic E-state index is 0.104. The minimum atomic E-state index is 0.104. The van der Waals surface area contributed by atoms with Gasteiger partial charge in [-0.2, -0.15) is 0 Å². The molecular weight excluding hydrogens is 252 g/mol. The smallest absolute Gasteiger partial charge is 0.107 e. The maximum absolute atomic E-state index is 8.90. The van der Waals surface area contributed by atoms with Gasteiger partial charge in [-0.05, 0) is 6.42 Å². The van der Waals surface area contributed by atoms with Crippen LogP contribution in [0.5, 0.6) is 0 Å². The van der Waals surface area contributed by atoms with E-state index in [0.717, 1.165) is 6.42 Å². The highest BCUT2D eigenvalue weighted by Crippen LogP contribution is 2.37. The Hall–Kier alpha value is -0.120. The minimum Gasteiger partial charge on any atom is -0.394 e. The van der Waals surface area contributed by atoms with E-state index in [4.69, 9.17) is 14.6 Å². The summed E-state index contributed by atoms with van der Waals surface area (Å²) in [5, 5.41) is 8.90. The van der Waals surface area contributed by atoms with Crippen LogP contribution in [0.2, 0.25) is 0 Å². The third-order valence-corrected chi connectivity index (χ3v) is 4.61. The van der Waals surface area contributed by atoms with Crippen molar-refractivity contribution >= 4 is 0 Å². The molecule has 2 aliphatic heterocycles. The van der Waals surface area contributed by atoms with Gasteiger partial charge in [0.15, 0.2) is 0 Å². The molecule has 2 rings (SSSR count). The van der Waals surface area contributed by atoms with Gasteiger partial charge in [-0.15, -0.1) is 0 Å². The zero-order chi connectivity index (χ0) is 14.2. The van der Waals surface area contributed by atoms with Gasteiger partial charge in [-0.1, -0.05) is 64.7 Å². The summed E-state index contributed by atoms with van der Waals surface area (Å²) in [5.74, 6) is 0. The lowest BCUT2D eigenvalue weighted by molar-refractivity contribution is 0.241.